The van der Waals surface area contributed by atoms with E-state index in [1.54, 1.807) is 66.7 Å². The van der Waals surface area contributed by atoms with Crippen LogP contribution in [0.25, 0.3) is 0 Å². The molecule has 0 saturated heterocycles. The number of rotatable bonds is 4. The predicted molar refractivity (Wildman–Crippen MR) is 113 cm³/mol. The van der Waals surface area contributed by atoms with Crippen molar-refractivity contribution in [3.8, 4) is 0 Å². The summed E-state index contributed by atoms with van der Waals surface area (Å²) in [4.78, 5) is 53.3. The van der Waals surface area contributed by atoms with E-state index in [1.807, 2.05) is 0 Å². The maximum Gasteiger partial charge on any atom is 0.261 e. The van der Waals surface area contributed by atoms with E-state index in [1.165, 1.54) is 4.90 Å². The Morgan fingerprint density at radius 2 is 0.935 bits per heavy atom. The van der Waals surface area contributed by atoms with Gasteiger partial charge in [-0.3, -0.25) is 29.0 Å². The van der Waals surface area contributed by atoms with Gasteiger partial charge in [-0.2, -0.15) is 0 Å². The monoisotopic (exact) mass is 430 g/mol. The summed E-state index contributed by atoms with van der Waals surface area (Å²) in [6.07, 6.45) is 0. The van der Waals surface area contributed by atoms with Gasteiger partial charge in [-0.1, -0.05) is 41.9 Å². The summed E-state index contributed by atoms with van der Waals surface area (Å²) in [5.41, 5.74) is 2.67. The van der Waals surface area contributed by atoms with Gasteiger partial charge in [-0.25, -0.2) is 0 Å². The van der Waals surface area contributed by atoms with E-state index in [0.717, 1.165) is 4.90 Å². The first-order valence-electron chi connectivity index (χ1n) is 9.63. The quantitative estimate of drug-likeness (QED) is 0.588. The zero-order chi connectivity index (χ0) is 21.7. The zero-order valence-corrected chi connectivity index (χ0v) is 16.9. The molecule has 2 aliphatic heterocycles. The van der Waals surface area contributed by atoms with Gasteiger partial charge >= 0.3 is 0 Å². The molecular weight excluding hydrogens is 416 g/mol. The molecule has 5 rings (SSSR count). The largest absolute Gasteiger partial charge is 0.270 e. The second-order valence-electron chi connectivity index (χ2n) is 7.40. The first kappa shape index (κ1) is 19.2. The number of halogens is 1. The molecule has 3 aromatic carbocycles. The van der Waals surface area contributed by atoms with Crippen LogP contribution in [0.3, 0.4) is 0 Å². The van der Waals surface area contributed by atoms with Crippen molar-refractivity contribution in [2.45, 2.75) is 13.1 Å². The Labute approximate surface area is 182 Å². The summed E-state index contributed by atoms with van der Waals surface area (Å²) in [6, 6.07) is 18.3. The minimum Gasteiger partial charge on any atom is -0.270 e. The van der Waals surface area contributed by atoms with Crippen LogP contribution >= 0.6 is 11.6 Å². The normalized spacial score (nSPS) is 15.0. The number of nitrogens with zero attached hydrogens (tertiary/aromatic N) is 2. The third-order valence-corrected chi connectivity index (χ3v) is 5.82. The molecule has 0 bridgehead atoms. The van der Waals surface area contributed by atoms with Crippen molar-refractivity contribution in [3.63, 3.8) is 0 Å². The third kappa shape index (κ3) is 3.04. The molecule has 0 saturated carbocycles. The molecule has 7 heteroatoms. The fourth-order valence-corrected chi connectivity index (χ4v) is 4.20. The van der Waals surface area contributed by atoms with Crippen molar-refractivity contribution in [2.24, 2.45) is 0 Å². The number of hydrogen-bond donors (Lipinski definition) is 0. The highest BCUT2D eigenvalue weighted by Crippen LogP contribution is 2.29. The Morgan fingerprint density at radius 3 is 1.35 bits per heavy atom. The van der Waals surface area contributed by atoms with Gasteiger partial charge in [0.05, 0.1) is 35.3 Å². The van der Waals surface area contributed by atoms with E-state index < -0.39 is 0 Å². The summed E-state index contributed by atoms with van der Waals surface area (Å²) >= 11 is 6.18. The van der Waals surface area contributed by atoms with Crippen LogP contribution in [0, 0.1) is 0 Å². The molecule has 0 fully saturated rings. The molecule has 152 valence electrons. The molecule has 0 atom stereocenters. The van der Waals surface area contributed by atoms with Gasteiger partial charge in [0.2, 0.25) is 0 Å². The Bertz CT molecular complexity index is 1230. The number of fused-ring (bicyclic) bond motifs is 2. The van der Waals surface area contributed by atoms with Crippen molar-refractivity contribution < 1.29 is 19.2 Å². The Hall–Kier alpha value is -3.77. The summed E-state index contributed by atoms with van der Waals surface area (Å²) in [5.74, 6) is -1.51. The second kappa shape index (κ2) is 7.18. The number of carbonyl (C=O) groups is 4. The summed E-state index contributed by atoms with van der Waals surface area (Å²) in [7, 11) is 0. The standard InChI is InChI=1S/C24H15ClN2O4/c25-16-10-9-14(12-26-21(28)17-5-1-2-6-18(17)22(26)29)15(11-16)13-27-23(30)19-7-3-4-8-20(19)24(27)31/h1-11H,12-13H2. The van der Waals surface area contributed by atoms with Crippen LogP contribution in [0.15, 0.2) is 66.7 Å². The smallest absolute Gasteiger partial charge is 0.261 e. The Kier molecular flexibility index (Phi) is 4.45. The number of benzene rings is 3. The molecule has 0 aromatic heterocycles. The number of imide groups is 2. The fraction of sp³-hybridized carbons (Fsp3) is 0.0833. The van der Waals surface area contributed by atoms with Gasteiger partial charge in [0, 0.05) is 5.02 Å². The molecule has 0 N–H and O–H groups in total. The van der Waals surface area contributed by atoms with Crippen molar-refractivity contribution in [1.29, 1.82) is 0 Å². The van der Waals surface area contributed by atoms with Crippen LogP contribution in [0.5, 0.6) is 0 Å². The SMILES string of the molecule is O=C1c2ccccc2C(=O)N1Cc1ccc(Cl)cc1CN1C(=O)c2ccccc2C1=O. The first-order valence-corrected chi connectivity index (χ1v) is 10.0. The number of amides is 4. The second-order valence-corrected chi connectivity index (χ2v) is 7.83. The highest BCUT2D eigenvalue weighted by atomic mass is 35.5. The van der Waals surface area contributed by atoms with Gasteiger partial charge in [0.15, 0.2) is 0 Å². The molecule has 0 spiro atoms. The van der Waals surface area contributed by atoms with E-state index in [2.05, 4.69) is 0 Å². The van der Waals surface area contributed by atoms with Gasteiger partial charge in [-0.15, -0.1) is 0 Å². The van der Waals surface area contributed by atoms with Crippen molar-refractivity contribution >= 4 is 35.2 Å². The van der Waals surface area contributed by atoms with E-state index in [9.17, 15) is 19.2 Å². The molecule has 31 heavy (non-hydrogen) atoms. The molecule has 3 aromatic rings. The van der Waals surface area contributed by atoms with Crippen LogP contribution in [0.4, 0.5) is 0 Å². The Balaban J connectivity index is 1.46. The van der Waals surface area contributed by atoms with Crippen LogP contribution in [-0.2, 0) is 13.1 Å². The lowest BCUT2D eigenvalue weighted by Gasteiger charge is -2.20. The van der Waals surface area contributed by atoms with E-state index in [-0.39, 0.29) is 36.7 Å². The van der Waals surface area contributed by atoms with E-state index in [0.29, 0.717) is 38.4 Å². The molecule has 2 heterocycles. The van der Waals surface area contributed by atoms with Crippen molar-refractivity contribution in [2.75, 3.05) is 0 Å². The fourth-order valence-electron chi connectivity index (χ4n) is 4.00. The van der Waals surface area contributed by atoms with Gasteiger partial charge < -0.3 is 0 Å². The van der Waals surface area contributed by atoms with Crippen LogP contribution in [0.2, 0.25) is 5.02 Å². The van der Waals surface area contributed by atoms with Gasteiger partial charge in [-0.05, 0) is 47.5 Å². The zero-order valence-electron chi connectivity index (χ0n) is 16.2. The lowest BCUT2D eigenvalue weighted by Crippen LogP contribution is -2.32. The molecule has 0 unspecified atom stereocenters. The number of hydrogen-bond acceptors (Lipinski definition) is 4. The summed E-state index contributed by atoms with van der Waals surface area (Å²) in [6.45, 7) is 0.00737. The predicted octanol–water partition coefficient (Wildman–Crippen LogP) is 3.93. The van der Waals surface area contributed by atoms with Crippen molar-refractivity contribution in [3.05, 3.63) is 105 Å². The maximum absolute atomic E-state index is 12.8. The minimum absolute atomic E-state index is 0.00852. The molecule has 6 nitrogen and oxygen atoms in total. The van der Waals surface area contributed by atoms with Gasteiger partial charge in [0.25, 0.3) is 23.6 Å². The topological polar surface area (TPSA) is 74.8 Å². The number of carbonyl (C=O) groups excluding carboxylic acids is 4. The summed E-state index contributed by atoms with van der Waals surface area (Å²) in [5, 5.41) is 0.428. The first-order chi connectivity index (χ1) is 15.0. The average molecular weight is 431 g/mol. The molecule has 0 radical (unpaired) electrons. The molecular formula is C24H15ClN2O4. The van der Waals surface area contributed by atoms with E-state index >= 15 is 0 Å². The minimum atomic E-state index is -0.382. The average Bonchev–Trinajstić information content (AvgIpc) is 3.16. The lowest BCUT2D eigenvalue weighted by atomic mass is 10.1. The summed E-state index contributed by atoms with van der Waals surface area (Å²) < 4.78 is 0. The highest BCUT2D eigenvalue weighted by molar-refractivity contribution is 6.30. The van der Waals surface area contributed by atoms with Crippen molar-refractivity contribution in [1.82, 2.24) is 9.80 Å². The lowest BCUT2D eigenvalue weighted by molar-refractivity contribution is 0.0616. The van der Waals surface area contributed by atoms with Crippen LogP contribution in [0.1, 0.15) is 52.6 Å². The molecule has 2 aliphatic rings. The highest BCUT2D eigenvalue weighted by Gasteiger charge is 2.37. The molecule has 0 aliphatic carbocycles. The van der Waals surface area contributed by atoms with E-state index in [4.69, 9.17) is 11.6 Å². The van der Waals surface area contributed by atoms with Gasteiger partial charge in [0.1, 0.15) is 0 Å². The molecule has 4 amide bonds. The van der Waals surface area contributed by atoms with Crippen LogP contribution in [-0.4, -0.2) is 33.4 Å². The van der Waals surface area contributed by atoms with Crippen LogP contribution < -0.4 is 0 Å². The maximum atomic E-state index is 12.8. The Morgan fingerprint density at radius 1 is 0.548 bits per heavy atom. The third-order valence-electron chi connectivity index (χ3n) is 5.58.